The van der Waals surface area contributed by atoms with Crippen LogP contribution in [-0.2, 0) is 0 Å². The SMILES string of the molecule is COc1cccc(C(=O)N2CCN(C(=O)c3ccn[nH]3)CC2)c1OC. The van der Waals surface area contributed by atoms with Crippen LogP contribution in [0, 0.1) is 0 Å². The van der Waals surface area contributed by atoms with Gasteiger partial charge < -0.3 is 19.3 Å². The normalized spacial score (nSPS) is 14.3. The summed E-state index contributed by atoms with van der Waals surface area (Å²) in [5.41, 5.74) is 0.907. The third kappa shape index (κ3) is 3.28. The van der Waals surface area contributed by atoms with Gasteiger partial charge in [-0.05, 0) is 18.2 Å². The van der Waals surface area contributed by atoms with Crippen LogP contribution in [0.3, 0.4) is 0 Å². The van der Waals surface area contributed by atoms with E-state index in [1.54, 1.807) is 40.3 Å². The number of para-hydroxylation sites is 1. The molecule has 1 aliphatic heterocycles. The molecule has 1 aromatic carbocycles. The third-order valence-corrected chi connectivity index (χ3v) is 4.22. The van der Waals surface area contributed by atoms with Gasteiger partial charge in [-0.3, -0.25) is 14.7 Å². The zero-order chi connectivity index (χ0) is 17.8. The monoisotopic (exact) mass is 344 g/mol. The molecular formula is C17H20N4O4. The molecule has 2 aromatic rings. The number of rotatable bonds is 4. The maximum Gasteiger partial charge on any atom is 0.271 e. The van der Waals surface area contributed by atoms with Gasteiger partial charge in [0.1, 0.15) is 5.69 Å². The van der Waals surface area contributed by atoms with Gasteiger partial charge in [0.25, 0.3) is 11.8 Å². The minimum Gasteiger partial charge on any atom is -0.493 e. The van der Waals surface area contributed by atoms with Crippen molar-refractivity contribution < 1.29 is 19.1 Å². The second kappa shape index (κ2) is 7.25. The molecule has 1 N–H and O–H groups in total. The van der Waals surface area contributed by atoms with Crippen molar-refractivity contribution in [3.63, 3.8) is 0 Å². The first-order chi connectivity index (χ1) is 12.2. The number of hydrogen-bond acceptors (Lipinski definition) is 5. The Bertz CT molecular complexity index is 752. The van der Waals surface area contributed by atoms with Crippen LogP contribution in [0.5, 0.6) is 11.5 Å². The molecule has 25 heavy (non-hydrogen) atoms. The number of methoxy groups -OCH3 is 2. The molecule has 1 aromatic heterocycles. The lowest BCUT2D eigenvalue weighted by atomic mass is 10.1. The number of hydrogen-bond donors (Lipinski definition) is 1. The Morgan fingerprint density at radius 3 is 2.24 bits per heavy atom. The molecule has 0 radical (unpaired) electrons. The van der Waals surface area contributed by atoms with E-state index in [4.69, 9.17) is 9.47 Å². The average molecular weight is 344 g/mol. The summed E-state index contributed by atoms with van der Waals surface area (Å²) >= 11 is 0. The van der Waals surface area contributed by atoms with Gasteiger partial charge in [-0.1, -0.05) is 6.07 Å². The molecule has 0 saturated carbocycles. The minimum atomic E-state index is -0.135. The van der Waals surface area contributed by atoms with E-state index in [2.05, 4.69) is 10.2 Å². The number of aromatic nitrogens is 2. The van der Waals surface area contributed by atoms with Gasteiger partial charge >= 0.3 is 0 Å². The summed E-state index contributed by atoms with van der Waals surface area (Å²) in [6.07, 6.45) is 1.54. The summed E-state index contributed by atoms with van der Waals surface area (Å²) in [6.45, 7) is 1.85. The second-order valence-electron chi connectivity index (χ2n) is 5.60. The number of aromatic amines is 1. The maximum atomic E-state index is 12.8. The van der Waals surface area contributed by atoms with Crippen LogP contribution in [0.2, 0.25) is 0 Å². The molecule has 8 nitrogen and oxygen atoms in total. The standard InChI is InChI=1S/C17H20N4O4/c1-24-14-5-3-4-12(15(14)25-2)16(22)20-8-10-21(11-9-20)17(23)13-6-7-18-19-13/h3-7H,8-11H2,1-2H3,(H,18,19). The van der Waals surface area contributed by atoms with E-state index in [-0.39, 0.29) is 11.8 Å². The van der Waals surface area contributed by atoms with E-state index < -0.39 is 0 Å². The fraction of sp³-hybridized carbons (Fsp3) is 0.353. The Balaban J connectivity index is 1.69. The third-order valence-electron chi connectivity index (χ3n) is 4.22. The molecule has 132 valence electrons. The smallest absolute Gasteiger partial charge is 0.271 e. The predicted octanol–water partition coefficient (Wildman–Crippen LogP) is 1.03. The van der Waals surface area contributed by atoms with Crippen molar-refractivity contribution in [3.8, 4) is 11.5 Å². The number of nitrogens with zero attached hydrogens (tertiary/aromatic N) is 3. The number of carbonyl (C=O) groups is 2. The molecule has 1 aliphatic rings. The summed E-state index contributed by atoms with van der Waals surface area (Å²) < 4.78 is 10.6. The van der Waals surface area contributed by atoms with Gasteiger partial charge in [0.2, 0.25) is 0 Å². The van der Waals surface area contributed by atoms with Crippen LogP contribution in [0.25, 0.3) is 0 Å². The number of H-pyrrole nitrogens is 1. The highest BCUT2D eigenvalue weighted by atomic mass is 16.5. The molecule has 0 spiro atoms. The second-order valence-corrected chi connectivity index (χ2v) is 5.60. The van der Waals surface area contributed by atoms with Crippen molar-refractivity contribution in [2.24, 2.45) is 0 Å². The first kappa shape index (κ1) is 16.8. The largest absolute Gasteiger partial charge is 0.493 e. The molecule has 0 atom stereocenters. The molecule has 1 fully saturated rings. The van der Waals surface area contributed by atoms with Crippen LogP contribution in [-0.4, -0.2) is 72.2 Å². The summed E-state index contributed by atoms with van der Waals surface area (Å²) in [6, 6.07) is 6.86. The van der Waals surface area contributed by atoms with Crippen molar-refractivity contribution in [2.45, 2.75) is 0 Å². The van der Waals surface area contributed by atoms with Gasteiger partial charge in [0.05, 0.1) is 19.8 Å². The molecule has 2 heterocycles. The van der Waals surface area contributed by atoms with Crippen molar-refractivity contribution >= 4 is 11.8 Å². The Labute approximate surface area is 145 Å². The van der Waals surface area contributed by atoms with Gasteiger partial charge in [-0.25, -0.2) is 0 Å². The van der Waals surface area contributed by atoms with Crippen molar-refractivity contribution in [1.82, 2.24) is 20.0 Å². The number of ether oxygens (including phenoxy) is 2. The van der Waals surface area contributed by atoms with Crippen LogP contribution >= 0.6 is 0 Å². The van der Waals surface area contributed by atoms with Gasteiger partial charge in [-0.2, -0.15) is 5.10 Å². The fourth-order valence-corrected chi connectivity index (χ4v) is 2.88. The quantitative estimate of drug-likeness (QED) is 0.895. The topological polar surface area (TPSA) is 87.8 Å². The molecule has 1 saturated heterocycles. The lowest BCUT2D eigenvalue weighted by molar-refractivity contribution is 0.0530. The van der Waals surface area contributed by atoms with Crippen LogP contribution in [0.15, 0.2) is 30.5 Å². The predicted molar refractivity (Wildman–Crippen MR) is 89.9 cm³/mol. The Kier molecular flexibility index (Phi) is 4.87. The van der Waals surface area contributed by atoms with Crippen molar-refractivity contribution in [2.75, 3.05) is 40.4 Å². The molecule has 2 amide bonds. The summed E-state index contributed by atoms with van der Waals surface area (Å²) in [7, 11) is 3.04. The Hall–Kier alpha value is -3.03. The first-order valence-corrected chi connectivity index (χ1v) is 7.94. The number of amides is 2. The molecule has 3 rings (SSSR count). The minimum absolute atomic E-state index is 0.108. The Morgan fingerprint density at radius 2 is 1.68 bits per heavy atom. The number of nitrogens with one attached hydrogen (secondary N) is 1. The van der Waals surface area contributed by atoms with Crippen molar-refractivity contribution in [1.29, 1.82) is 0 Å². The molecule has 8 heteroatoms. The lowest BCUT2D eigenvalue weighted by Gasteiger charge is -2.34. The van der Waals surface area contributed by atoms with E-state index in [0.29, 0.717) is 48.9 Å². The summed E-state index contributed by atoms with van der Waals surface area (Å²) in [4.78, 5) is 28.6. The summed E-state index contributed by atoms with van der Waals surface area (Å²) in [5, 5.41) is 6.46. The molecule has 0 bridgehead atoms. The van der Waals surface area contributed by atoms with Crippen LogP contribution in [0.1, 0.15) is 20.8 Å². The zero-order valence-electron chi connectivity index (χ0n) is 14.2. The number of carbonyl (C=O) groups excluding carboxylic acids is 2. The fourth-order valence-electron chi connectivity index (χ4n) is 2.88. The van der Waals surface area contributed by atoms with Gasteiger partial charge in [0.15, 0.2) is 11.5 Å². The Morgan fingerprint density at radius 1 is 1.00 bits per heavy atom. The van der Waals surface area contributed by atoms with Crippen LogP contribution in [0.4, 0.5) is 0 Å². The van der Waals surface area contributed by atoms with E-state index >= 15 is 0 Å². The maximum absolute atomic E-state index is 12.8. The van der Waals surface area contributed by atoms with E-state index in [1.165, 1.54) is 14.2 Å². The molecule has 0 aliphatic carbocycles. The van der Waals surface area contributed by atoms with E-state index in [0.717, 1.165) is 0 Å². The lowest BCUT2D eigenvalue weighted by Crippen LogP contribution is -2.50. The van der Waals surface area contributed by atoms with E-state index in [9.17, 15) is 9.59 Å². The highest BCUT2D eigenvalue weighted by molar-refractivity contribution is 5.98. The molecular weight excluding hydrogens is 324 g/mol. The van der Waals surface area contributed by atoms with Crippen molar-refractivity contribution in [3.05, 3.63) is 41.7 Å². The average Bonchev–Trinajstić information content (AvgIpc) is 3.21. The number of benzene rings is 1. The highest BCUT2D eigenvalue weighted by Gasteiger charge is 2.28. The highest BCUT2D eigenvalue weighted by Crippen LogP contribution is 2.31. The van der Waals surface area contributed by atoms with Gasteiger partial charge in [0, 0.05) is 32.4 Å². The molecule has 0 unspecified atom stereocenters. The first-order valence-electron chi connectivity index (χ1n) is 7.94. The van der Waals surface area contributed by atoms with Crippen LogP contribution < -0.4 is 9.47 Å². The summed E-state index contributed by atoms with van der Waals surface area (Å²) in [5.74, 6) is 0.695. The van der Waals surface area contributed by atoms with Gasteiger partial charge in [-0.15, -0.1) is 0 Å². The zero-order valence-corrected chi connectivity index (χ0v) is 14.2. The van der Waals surface area contributed by atoms with E-state index in [1.807, 2.05) is 0 Å². The number of piperazine rings is 1.